The molecule has 2 aliphatic rings. The van der Waals surface area contributed by atoms with E-state index in [2.05, 4.69) is 24.0 Å². The first-order valence-electron chi connectivity index (χ1n) is 7.49. The van der Waals surface area contributed by atoms with Gasteiger partial charge >= 0.3 is 0 Å². The molecule has 2 heterocycles. The fourth-order valence-corrected chi connectivity index (χ4v) is 3.76. The number of amidine groups is 1. The van der Waals surface area contributed by atoms with E-state index >= 15 is 0 Å². The van der Waals surface area contributed by atoms with Crippen LogP contribution in [0.1, 0.15) is 12.0 Å². The Labute approximate surface area is 146 Å². The molecule has 1 saturated heterocycles. The van der Waals surface area contributed by atoms with Gasteiger partial charge in [0.2, 0.25) is 0 Å². The van der Waals surface area contributed by atoms with E-state index in [4.69, 9.17) is 0 Å². The summed E-state index contributed by atoms with van der Waals surface area (Å²) in [7, 11) is 4.38. The summed E-state index contributed by atoms with van der Waals surface area (Å²) < 4.78 is 13.3. The minimum absolute atomic E-state index is 0. The van der Waals surface area contributed by atoms with E-state index in [1.54, 1.807) is 11.8 Å². The van der Waals surface area contributed by atoms with Crippen molar-refractivity contribution < 1.29 is 26.8 Å². The molecule has 0 amide bonds. The molecule has 1 aromatic rings. The lowest BCUT2D eigenvalue weighted by Gasteiger charge is -2.18. The highest BCUT2D eigenvalue weighted by Crippen LogP contribution is 2.32. The lowest BCUT2D eigenvalue weighted by molar-refractivity contribution is -0.883. The van der Waals surface area contributed by atoms with E-state index < -0.39 is 0 Å². The second-order valence-electron chi connectivity index (χ2n) is 6.02. The number of halogens is 2. The molecule has 0 radical (unpaired) electrons. The fraction of sp³-hybridized carbons (Fsp3) is 0.438. The lowest BCUT2D eigenvalue weighted by Crippen LogP contribution is -3.10. The van der Waals surface area contributed by atoms with Crippen LogP contribution in [0.5, 0.6) is 5.75 Å². The summed E-state index contributed by atoms with van der Waals surface area (Å²) in [6.07, 6.45) is 3.01. The maximum atomic E-state index is 13.3. The lowest BCUT2D eigenvalue weighted by atomic mass is 10.2. The van der Waals surface area contributed by atoms with Crippen molar-refractivity contribution in [3.8, 4) is 5.75 Å². The summed E-state index contributed by atoms with van der Waals surface area (Å²) in [5.41, 5.74) is 0.510. The van der Waals surface area contributed by atoms with Gasteiger partial charge in [-0.1, -0.05) is 11.8 Å². The van der Waals surface area contributed by atoms with Gasteiger partial charge in [0.15, 0.2) is 5.17 Å². The Balaban J connectivity index is 0.00000192. The standard InChI is InChI=1S/C16H20FN3OS.ClH/c1-19(2)13-5-6-20(10-13)16-18-9-14(22-16)8-11-7-12(17)3-4-15(11)21;/h3-4,7-8,13,21H,5-6,9-10H2,1-2H3;1H/b14-8-;/t13-;/m1./s1. The highest BCUT2D eigenvalue weighted by molar-refractivity contribution is 8.17. The van der Waals surface area contributed by atoms with E-state index in [9.17, 15) is 9.50 Å². The largest absolute Gasteiger partial charge is 1.00 e. The maximum Gasteiger partial charge on any atom is 0.164 e. The summed E-state index contributed by atoms with van der Waals surface area (Å²) in [5, 5.41) is 10.8. The number of quaternary nitrogens is 1. The van der Waals surface area contributed by atoms with Crippen molar-refractivity contribution in [1.29, 1.82) is 0 Å². The zero-order valence-corrected chi connectivity index (χ0v) is 14.8. The van der Waals surface area contributed by atoms with Gasteiger partial charge in [-0.15, -0.1) is 0 Å². The van der Waals surface area contributed by atoms with Crippen LogP contribution in [0.2, 0.25) is 0 Å². The highest BCUT2D eigenvalue weighted by Gasteiger charge is 2.31. The molecule has 0 spiro atoms. The number of phenols is 1. The maximum absolute atomic E-state index is 13.3. The van der Waals surface area contributed by atoms with Gasteiger partial charge in [-0.25, -0.2) is 4.39 Å². The molecular weight excluding hydrogens is 337 g/mol. The number of likely N-dealkylation sites (N-methyl/N-ethyl adjacent to an activating group) is 1. The SMILES string of the molecule is C[NH+](C)[C@@H]1CCN(C2=NC/C(=C/c3cc(F)ccc3O)S2)C1.[Cl-]. The van der Waals surface area contributed by atoms with Crippen LogP contribution in [-0.2, 0) is 0 Å². The van der Waals surface area contributed by atoms with Crippen molar-refractivity contribution in [1.82, 2.24) is 4.90 Å². The minimum Gasteiger partial charge on any atom is -1.00 e. The second kappa shape index (κ2) is 7.55. The van der Waals surface area contributed by atoms with Crippen molar-refractivity contribution in [2.75, 3.05) is 33.7 Å². The van der Waals surface area contributed by atoms with E-state index in [1.807, 2.05) is 6.08 Å². The third kappa shape index (κ3) is 4.19. The van der Waals surface area contributed by atoms with Crippen LogP contribution in [0.4, 0.5) is 4.39 Å². The average Bonchev–Trinajstić information content (AvgIpc) is 3.11. The van der Waals surface area contributed by atoms with Gasteiger partial charge in [0.25, 0.3) is 0 Å². The Hall–Kier alpha value is -1.24. The molecule has 0 bridgehead atoms. The number of aliphatic imine (C=N–C) groups is 1. The predicted octanol–water partition coefficient (Wildman–Crippen LogP) is -1.80. The van der Waals surface area contributed by atoms with Gasteiger partial charge in [-0.05, 0) is 24.3 Å². The number of hydrogen-bond donors (Lipinski definition) is 2. The third-order valence-corrected chi connectivity index (χ3v) is 5.25. The van der Waals surface area contributed by atoms with Crippen molar-refractivity contribution >= 4 is 23.0 Å². The molecule has 4 nitrogen and oxygen atoms in total. The van der Waals surface area contributed by atoms with Crippen molar-refractivity contribution in [2.24, 2.45) is 4.99 Å². The molecule has 1 fully saturated rings. The smallest absolute Gasteiger partial charge is 0.164 e. The Morgan fingerprint density at radius 3 is 2.91 bits per heavy atom. The summed E-state index contributed by atoms with van der Waals surface area (Å²) in [6.45, 7) is 2.68. The Morgan fingerprint density at radius 2 is 2.22 bits per heavy atom. The number of thioether (sulfide) groups is 1. The monoisotopic (exact) mass is 357 g/mol. The van der Waals surface area contributed by atoms with E-state index in [0.29, 0.717) is 18.2 Å². The molecule has 0 aliphatic carbocycles. The average molecular weight is 358 g/mol. The molecule has 3 rings (SSSR count). The van der Waals surface area contributed by atoms with Crippen LogP contribution in [0.3, 0.4) is 0 Å². The second-order valence-corrected chi connectivity index (χ2v) is 7.12. The fourth-order valence-electron chi connectivity index (χ4n) is 2.79. The zero-order valence-electron chi connectivity index (χ0n) is 13.2. The summed E-state index contributed by atoms with van der Waals surface area (Å²) in [4.78, 5) is 9.44. The topological polar surface area (TPSA) is 40.3 Å². The summed E-state index contributed by atoms with van der Waals surface area (Å²) in [5.74, 6) is -0.245. The van der Waals surface area contributed by atoms with Gasteiger partial charge in [-0.3, -0.25) is 4.99 Å². The number of aromatic hydroxyl groups is 1. The van der Waals surface area contributed by atoms with Gasteiger partial charge < -0.3 is 27.3 Å². The van der Waals surface area contributed by atoms with Gasteiger partial charge in [-0.2, -0.15) is 0 Å². The molecule has 23 heavy (non-hydrogen) atoms. The molecule has 2 N–H and O–H groups in total. The van der Waals surface area contributed by atoms with Crippen LogP contribution in [0, 0.1) is 5.82 Å². The number of likely N-dealkylation sites (tertiary alicyclic amines) is 1. The first-order valence-corrected chi connectivity index (χ1v) is 8.31. The van der Waals surface area contributed by atoms with E-state index in [0.717, 1.165) is 23.2 Å². The molecule has 0 saturated carbocycles. The van der Waals surface area contributed by atoms with Crippen molar-refractivity contribution in [2.45, 2.75) is 12.5 Å². The highest BCUT2D eigenvalue weighted by atomic mass is 35.5. The molecule has 126 valence electrons. The van der Waals surface area contributed by atoms with Crippen LogP contribution >= 0.6 is 11.8 Å². The molecule has 2 aliphatic heterocycles. The molecule has 1 atom stereocenters. The number of phenolic OH excluding ortho intramolecular Hbond substituents is 1. The quantitative estimate of drug-likeness (QED) is 0.656. The molecule has 0 aromatic heterocycles. The molecular formula is C16H21ClFN3OS. The molecule has 7 heteroatoms. The van der Waals surface area contributed by atoms with Crippen LogP contribution in [-0.4, -0.2) is 54.9 Å². The van der Waals surface area contributed by atoms with Gasteiger partial charge in [0, 0.05) is 23.4 Å². The van der Waals surface area contributed by atoms with E-state index in [-0.39, 0.29) is 24.0 Å². The van der Waals surface area contributed by atoms with Crippen LogP contribution < -0.4 is 17.3 Å². The number of nitrogens with one attached hydrogen (secondary N) is 1. The third-order valence-electron chi connectivity index (χ3n) is 4.17. The number of nitrogens with zero attached hydrogens (tertiary/aromatic N) is 2. The molecule has 0 unspecified atom stereocenters. The number of hydrogen-bond acceptors (Lipinski definition) is 4. The predicted molar refractivity (Wildman–Crippen MR) is 88.7 cm³/mol. The van der Waals surface area contributed by atoms with Crippen molar-refractivity contribution in [3.63, 3.8) is 0 Å². The van der Waals surface area contributed by atoms with Crippen LogP contribution in [0.15, 0.2) is 28.1 Å². The van der Waals surface area contributed by atoms with Gasteiger partial charge in [0.1, 0.15) is 17.6 Å². The number of benzene rings is 1. The minimum atomic E-state index is -0.342. The van der Waals surface area contributed by atoms with Gasteiger partial charge in [0.05, 0.1) is 27.2 Å². The van der Waals surface area contributed by atoms with E-state index in [1.165, 1.54) is 29.5 Å². The van der Waals surface area contributed by atoms with Crippen LogP contribution in [0.25, 0.3) is 6.08 Å². The normalized spacial score (nSPS) is 22.6. The first kappa shape index (κ1) is 18.1. The Bertz CT molecular complexity index is 636. The Morgan fingerprint density at radius 1 is 1.43 bits per heavy atom. The zero-order chi connectivity index (χ0) is 15.7. The summed E-state index contributed by atoms with van der Waals surface area (Å²) >= 11 is 1.63. The van der Waals surface area contributed by atoms with Crippen molar-refractivity contribution in [3.05, 3.63) is 34.5 Å². The summed E-state index contributed by atoms with van der Waals surface area (Å²) in [6, 6.07) is 4.65. The first-order chi connectivity index (χ1) is 10.5. The Kier molecular flexibility index (Phi) is 5.95. The molecule has 1 aromatic carbocycles. The number of rotatable bonds is 2.